The van der Waals surface area contributed by atoms with Crippen molar-refractivity contribution in [3.8, 4) is 45.6 Å². The molecule has 0 fully saturated rings. The van der Waals surface area contributed by atoms with Crippen LogP contribution in [0.1, 0.15) is 18.4 Å². The molecule has 0 spiro atoms. The summed E-state index contributed by atoms with van der Waals surface area (Å²) in [4.78, 5) is 48.3. The SMILES string of the molecule is O=CCCCc1cccc2c3nc4nc(nc5[nH]c(nc6nc(nc([nH]3)c12)-c1ccccc1-6)c1ccccc51)-c1ccccc1-4. The number of fused-ring (bicyclic) bond motifs is 20. The van der Waals surface area contributed by atoms with Gasteiger partial charge in [-0.3, -0.25) is 0 Å². The third-order valence-electron chi connectivity index (χ3n) is 8.43. The van der Waals surface area contributed by atoms with Gasteiger partial charge in [-0.1, -0.05) is 91.0 Å². The van der Waals surface area contributed by atoms with Crippen molar-refractivity contribution >= 4 is 50.4 Å². The highest BCUT2D eigenvalue weighted by molar-refractivity contribution is 6.07. The van der Waals surface area contributed by atoms with Crippen LogP contribution in [0.5, 0.6) is 0 Å². The van der Waals surface area contributed by atoms with Gasteiger partial charge < -0.3 is 14.8 Å². The molecule has 2 N–H and O–H groups in total. The summed E-state index contributed by atoms with van der Waals surface area (Å²) in [6, 6.07) is 30.2. The fourth-order valence-corrected chi connectivity index (χ4v) is 6.35. The number of rotatable bonds is 4. The average molecular weight is 585 g/mol. The molecule has 5 heterocycles. The summed E-state index contributed by atoms with van der Waals surface area (Å²) in [6.45, 7) is 0. The maximum atomic E-state index is 11.1. The molecule has 45 heavy (non-hydrogen) atoms. The van der Waals surface area contributed by atoms with Crippen LogP contribution in [0.25, 0.3) is 89.7 Å². The van der Waals surface area contributed by atoms with Crippen LogP contribution in [0.2, 0.25) is 0 Å². The molecule has 2 aliphatic rings. The van der Waals surface area contributed by atoms with Gasteiger partial charge in [0.15, 0.2) is 23.3 Å². The van der Waals surface area contributed by atoms with Crippen molar-refractivity contribution in [1.29, 1.82) is 0 Å². The van der Waals surface area contributed by atoms with Crippen molar-refractivity contribution in [2.45, 2.75) is 19.3 Å². The lowest BCUT2D eigenvalue weighted by atomic mass is 10.0. The van der Waals surface area contributed by atoms with Crippen LogP contribution in [-0.2, 0) is 11.2 Å². The lowest BCUT2D eigenvalue weighted by Crippen LogP contribution is -1.88. The number of nitrogens with one attached hydrogen (secondary N) is 2. The third-order valence-corrected chi connectivity index (χ3v) is 8.43. The van der Waals surface area contributed by atoms with E-state index in [9.17, 15) is 4.79 Å². The smallest absolute Gasteiger partial charge is 0.164 e. The van der Waals surface area contributed by atoms with Crippen LogP contribution in [-0.4, -0.2) is 46.2 Å². The number of benzene rings is 4. The number of aromatic amines is 2. The highest BCUT2D eigenvalue weighted by atomic mass is 16.1. The Hall–Kier alpha value is -6.09. The first-order chi connectivity index (χ1) is 22.2. The summed E-state index contributed by atoms with van der Waals surface area (Å²) in [7, 11) is 0. The van der Waals surface area contributed by atoms with Crippen molar-refractivity contribution in [3.05, 3.63) is 96.6 Å². The quantitative estimate of drug-likeness (QED) is 0.163. The molecule has 9 nitrogen and oxygen atoms in total. The Morgan fingerprint density at radius 2 is 0.933 bits per heavy atom. The summed E-state index contributed by atoms with van der Waals surface area (Å²) in [5.74, 6) is 2.27. The minimum atomic E-state index is 0.495. The number of carbonyl (C=O) groups excluding carboxylic acids is 1. The Bertz CT molecular complexity index is 2510. The number of aldehydes is 1. The zero-order valence-corrected chi connectivity index (χ0v) is 24.0. The Morgan fingerprint density at radius 3 is 1.47 bits per heavy atom. The number of carbonyl (C=O) groups is 1. The van der Waals surface area contributed by atoms with E-state index in [1.807, 2.05) is 84.9 Å². The van der Waals surface area contributed by atoms with Crippen molar-refractivity contribution in [2.75, 3.05) is 0 Å². The molecule has 0 saturated heterocycles. The molecule has 3 aromatic heterocycles. The lowest BCUT2D eigenvalue weighted by Gasteiger charge is -2.02. The fraction of sp³-hybridized carbons (Fsp3) is 0.0833. The van der Waals surface area contributed by atoms with Crippen molar-refractivity contribution in [2.24, 2.45) is 0 Å². The second-order valence-electron chi connectivity index (χ2n) is 11.1. The number of H-pyrrole nitrogens is 2. The molecule has 2 aliphatic heterocycles. The standard InChI is InChI=1S/C36H24N8O/c45-19-8-7-10-20-11-9-18-27-28(20)36-43-34-26-17-6-5-16-25(26)32(41-34)39-30-22-13-2-1-12-21(22)29(37-30)38-31-23-14-3-4-15-24(23)33(40-31)42-35(27)44-36/h1-6,9,11-19H,7-8,10H2,(H2,37,38,39,40,41,42,43,44). The second kappa shape index (κ2) is 9.99. The van der Waals surface area contributed by atoms with Gasteiger partial charge in [0.25, 0.3) is 0 Å². The molecular weight excluding hydrogens is 560 g/mol. The second-order valence-corrected chi connectivity index (χ2v) is 11.1. The fourth-order valence-electron chi connectivity index (χ4n) is 6.35. The number of unbranched alkanes of at least 4 members (excludes halogenated alkanes) is 1. The van der Waals surface area contributed by atoms with Gasteiger partial charge in [-0.15, -0.1) is 0 Å². The van der Waals surface area contributed by atoms with Crippen LogP contribution in [0.3, 0.4) is 0 Å². The summed E-state index contributed by atoms with van der Waals surface area (Å²) in [6.07, 6.45) is 2.93. The molecule has 7 aromatic rings. The minimum Gasteiger partial charge on any atom is -0.324 e. The van der Waals surface area contributed by atoms with E-state index >= 15 is 0 Å². The van der Waals surface area contributed by atoms with Gasteiger partial charge in [0, 0.05) is 50.2 Å². The van der Waals surface area contributed by atoms with Crippen LogP contribution in [0.15, 0.2) is 91.0 Å². The van der Waals surface area contributed by atoms with Crippen molar-refractivity contribution in [3.63, 3.8) is 0 Å². The number of aromatic nitrogens is 8. The van der Waals surface area contributed by atoms with Crippen LogP contribution < -0.4 is 0 Å². The van der Waals surface area contributed by atoms with Gasteiger partial charge in [-0.05, 0) is 18.4 Å². The Morgan fingerprint density at radius 1 is 0.489 bits per heavy atom. The molecule has 0 atom stereocenters. The summed E-state index contributed by atoms with van der Waals surface area (Å²) in [5, 5.41) is 3.75. The number of hydrogen-bond acceptors (Lipinski definition) is 7. The maximum Gasteiger partial charge on any atom is 0.164 e. The third kappa shape index (κ3) is 4.05. The van der Waals surface area contributed by atoms with E-state index in [1.54, 1.807) is 0 Å². The van der Waals surface area contributed by atoms with E-state index in [-0.39, 0.29) is 0 Å². The molecule has 4 aromatic carbocycles. The van der Waals surface area contributed by atoms with Gasteiger partial charge in [0.1, 0.15) is 28.9 Å². The maximum absolute atomic E-state index is 11.1. The normalized spacial score (nSPS) is 11.9. The Labute approximate surface area is 256 Å². The van der Waals surface area contributed by atoms with Crippen LogP contribution in [0, 0.1) is 0 Å². The van der Waals surface area contributed by atoms with Crippen molar-refractivity contribution < 1.29 is 4.79 Å². The highest BCUT2D eigenvalue weighted by Gasteiger charge is 2.22. The van der Waals surface area contributed by atoms with E-state index in [1.165, 1.54) is 0 Å². The molecule has 9 heteroatoms. The molecule has 0 aliphatic carbocycles. The zero-order valence-electron chi connectivity index (χ0n) is 24.0. The summed E-state index contributed by atoms with van der Waals surface area (Å²) < 4.78 is 0. The first kappa shape index (κ1) is 25.4. The van der Waals surface area contributed by atoms with Crippen LogP contribution in [0.4, 0.5) is 0 Å². The van der Waals surface area contributed by atoms with Crippen LogP contribution >= 0.6 is 0 Å². The van der Waals surface area contributed by atoms with Gasteiger partial charge in [0.2, 0.25) is 0 Å². The number of aryl methyl sites for hydroxylation is 1. The molecule has 9 rings (SSSR count). The molecule has 0 unspecified atom stereocenters. The van der Waals surface area contributed by atoms with E-state index in [4.69, 9.17) is 29.9 Å². The summed E-state index contributed by atoms with van der Waals surface area (Å²) >= 11 is 0. The molecule has 0 amide bonds. The van der Waals surface area contributed by atoms with Gasteiger partial charge >= 0.3 is 0 Å². The number of hydrogen-bond donors (Lipinski definition) is 2. The molecule has 0 radical (unpaired) electrons. The monoisotopic (exact) mass is 584 g/mol. The topological polar surface area (TPSA) is 126 Å². The van der Waals surface area contributed by atoms with E-state index < -0.39 is 0 Å². The van der Waals surface area contributed by atoms with Crippen molar-refractivity contribution in [1.82, 2.24) is 39.9 Å². The molecule has 214 valence electrons. The lowest BCUT2D eigenvalue weighted by molar-refractivity contribution is -0.107. The Balaban J connectivity index is 1.46. The summed E-state index contributed by atoms with van der Waals surface area (Å²) in [5.41, 5.74) is 7.32. The molecule has 8 bridgehead atoms. The Kier molecular flexibility index (Phi) is 5.64. The zero-order chi connectivity index (χ0) is 29.9. The largest absolute Gasteiger partial charge is 0.324 e. The predicted octanol–water partition coefficient (Wildman–Crippen LogP) is 7.39. The van der Waals surface area contributed by atoms with E-state index in [0.29, 0.717) is 52.3 Å². The first-order valence-corrected chi connectivity index (χ1v) is 14.9. The molecule has 0 saturated carbocycles. The van der Waals surface area contributed by atoms with E-state index in [2.05, 4.69) is 16.0 Å². The predicted molar refractivity (Wildman–Crippen MR) is 175 cm³/mol. The van der Waals surface area contributed by atoms with Gasteiger partial charge in [0.05, 0.1) is 0 Å². The highest BCUT2D eigenvalue weighted by Crippen LogP contribution is 2.37. The van der Waals surface area contributed by atoms with Gasteiger partial charge in [-0.2, -0.15) is 0 Å². The number of nitrogens with zero attached hydrogens (tertiary/aromatic N) is 6. The van der Waals surface area contributed by atoms with E-state index in [0.717, 1.165) is 68.5 Å². The minimum absolute atomic E-state index is 0.495. The average Bonchev–Trinajstić information content (AvgIpc) is 3.81. The first-order valence-electron chi connectivity index (χ1n) is 14.9. The molecular formula is C36H24N8O. The van der Waals surface area contributed by atoms with Gasteiger partial charge in [-0.25, -0.2) is 29.9 Å².